The SMILES string of the molecule is Cc1cc(C)cc(OCC(=O)NC(C)c2ccc(S(C)(=O)=O)cc2)c1. The Morgan fingerprint density at radius 3 is 2.16 bits per heavy atom. The number of aryl methyl sites for hydroxylation is 2. The lowest BCUT2D eigenvalue weighted by Crippen LogP contribution is -2.31. The van der Waals surface area contributed by atoms with Crippen LogP contribution in [0.3, 0.4) is 0 Å². The average Bonchev–Trinajstić information content (AvgIpc) is 2.51. The Hall–Kier alpha value is -2.34. The number of carbonyl (C=O) groups excluding carboxylic acids is 1. The molecule has 1 amide bonds. The van der Waals surface area contributed by atoms with E-state index in [1.54, 1.807) is 24.3 Å². The zero-order valence-corrected chi connectivity index (χ0v) is 15.7. The van der Waals surface area contributed by atoms with Gasteiger partial charge in [0.05, 0.1) is 10.9 Å². The number of hydrogen-bond acceptors (Lipinski definition) is 4. The number of rotatable bonds is 6. The largest absolute Gasteiger partial charge is 0.484 e. The summed E-state index contributed by atoms with van der Waals surface area (Å²) in [5.41, 5.74) is 2.98. The third-order valence-corrected chi connectivity index (χ3v) is 4.88. The van der Waals surface area contributed by atoms with Crippen LogP contribution in [0.25, 0.3) is 0 Å². The maximum atomic E-state index is 12.1. The minimum absolute atomic E-state index is 0.0747. The first-order valence-corrected chi connectivity index (χ1v) is 9.85. The van der Waals surface area contributed by atoms with Gasteiger partial charge in [-0.3, -0.25) is 4.79 Å². The summed E-state index contributed by atoms with van der Waals surface area (Å²) in [5.74, 6) is 0.427. The summed E-state index contributed by atoms with van der Waals surface area (Å²) >= 11 is 0. The van der Waals surface area contributed by atoms with Crippen molar-refractivity contribution < 1.29 is 17.9 Å². The highest BCUT2D eigenvalue weighted by Gasteiger charge is 2.12. The fraction of sp³-hybridized carbons (Fsp3) is 0.316. The van der Waals surface area contributed by atoms with Gasteiger partial charge >= 0.3 is 0 Å². The average molecular weight is 361 g/mol. The second-order valence-corrected chi connectivity index (χ2v) is 8.26. The van der Waals surface area contributed by atoms with Crippen LogP contribution in [0.15, 0.2) is 47.4 Å². The van der Waals surface area contributed by atoms with E-state index in [0.717, 1.165) is 22.9 Å². The van der Waals surface area contributed by atoms with Crippen LogP contribution < -0.4 is 10.1 Å². The van der Waals surface area contributed by atoms with Gasteiger partial charge in [-0.05, 0) is 61.7 Å². The van der Waals surface area contributed by atoms with Gasteiger partial charge in [0.2, 0.25) is 0 Å². The molecule has 1 unspecified atom stereocenters. The van der Waals surface area contributed by atoms with Crippen molar-refractivity contribution in [1.29, 1.82) is 0 Å². The highest BCUT2D eigenvalue weighted by atomic mass is 32.2. The first kappa shape index (κ1) is 19.0. The van der Waals surface area contributed by atoms with Crippen LogP contribution in [0.1, 0.15) is 29.7 Å². The van der Waals surface area contributed by atoms with Crippen LogP contribution in [-0.4, -0.2) is 27.2 Å². The van der Waals surface area contributed by atoms with Crippen molar-refractivity contribution >= 4 is 15.7 Å². The summed E-state index contributed by atoms with van der Waals surface area (Å²) in [6.07, 6.45) is 1.16. The molecule has 0 radical (unpaired) electrons. The van der Waals surface area contributed by atoms with E-state index in [1.807, 2.05) is 39.0 Å². The van der Waals surface area contributed by atoms with E-state index < -0.39 is 9.84 Å². The third-order valence-electron chi connectivity index (χ3n) is 3.75. The minimum atomic E-state index is -3.22. The van der Waals surface area contributed by atoms with Gasteiger partial charge in [0.25, 0.3) is 5.91 Å². The first-order valence-electron chi connectivity index (χ1n) is 7.95. The maximum Gasteiger partial charge on any atom is 0.258 e. The Labute approximate surface area is 148 Å². The van der Waals surface area contributed by atoms with Gasteiger partial charge in [0.1, 0.15) is 5.75 Å². The summed E-state index contributed by atoms with van der Waals surface area (Å²) in [7, 11) is -3.22. The molecule has 0 fully saturated rings. The Balaban J connectivity index is 1.93. The van der Waals surface area contributed by atoms with Crippen LogP contribution in [0.4, 0.5) is 0 Å². The van der Waals surface area contributed by atoms with Gasteiger partial charge in [-0.15, -0.1) is 0 Å². The predicted molar refractivity (Wildman–Crippen MR) is 97.5 cm³/mol. The predicted octanol–water partition coefficient (Wildman–Crippen LogP) is 2.96. The van der Waals surface area contributed by atoms with E-state index in [-0.39, 0.29) is 23.5 Å². The molecule has 134 valence electrons. The fourth-order valence-electron chi connectivity index (χ4n) is 2.54. The summed E-state index contributed by atoms with van der Waals surface area (Å²) in [6.45, 7) is 5.71. The van der Waals surface area contributed by atoms with Crippen LogP contribution >= 0.6 is 0 Å². The number of carbonyl (C=O) groups is 1. The molecule has 1 N–H and O–H groups in total. The normalized spacial score (nSPS) is 12.5. The quantitative estimate of drug-likeness (QED) is 0.858. The molecule has 0 spiro atoms. The topological polar surface area (TPSA) is 72.5 Å². The fourth-order valence-corrected chi connectivity index (χ4v) is 3.17. The number of ether oxygens (including phenoxy) is 1. The van der Waals surface area contributed by atoms with E-state index in [9.17, 15) is 13.2 Å². The molecular weight excluding hydrogens is 338 g/mol. The second-order valence-electron chi connectivity index (χ2n) is 6.24. The minimum Gasteiger partial charge on any atom is -0.484 e. The molecule has 0 saturated heterocycles. The smallest absolute Gasteiger partial charge is 0.258 e. The molecule has 2 aromatic rings. The number of nitrogens with one attached hydrogen (secondary N) is 1. The highest BCUT2D eigenvalue weighted by molar-refractivity contribution is 7.90. The van der Waals surface area contributed by atoms with E-state index in [2.05, 4.69) is 5.32 Å². The molecule has 2 aromatic carbocycles. The van der Waals surface area contributed by atoms with Crippen LogP contribution in [0.2, 0.25) is 0 Å². The van der Waals surface area contributed by atoms with Gasteiger partial charge in [-0.2, -0.15) is 0 Å². The van der Waals surface area contributed by atoms with Crippen LogP contribution in [0.5, 0.6) is 5.75 Å². The van der Waals surface area contributed by atoms with Crippen molar-refractivity contribution in [3.8, 4) is 5.75 Å². The molecule has 25 heavy (non-hydrogen) atoms. The van der Waals surface area contributed by atoms with Gasteiger partial charge in [-0.25, -0.2) is 8.42 Å². The van der Waals surface area contributed by atoms with Crippen LogP contribution in [-0.2, 0) is 14.6 Å². The Morgan fingerprint density at radius 1 is 1.08 bits per heavy atom. The molecule has 2 rings (SSSR count). The lowest BCUT2D eigenvalue weighted by Gasteiger charge is -2.15. The highest BCUT2D eigenvalue weighted by Crippen LogP contribution is 2.17. The molecular formula is C19H23NO4S. The lowest BCUT2D eigenvalue weighted by atomic mass is 10.1. The molecule has 6 heteroatoms. The standard InChI is InChI=1S/C19H23NO4S/c1-13-9-14(2)11-17(10-13)24-12-19(21)20-15(3)16-5-7-18(8-6-16)25(4,22)23/h5-11,15H,12H2,1-4H3,(H,20,21). The molecule has 0 bridgehead atoms. The molecule has 0 aromatic heterocycles. The second kappa shape index (κ2) is 7.70. The van der Waals surface area contributed by atoms with Crippen molar-refractivity contribution in [2.45, 2.75) is 31.7 Å². The third kappa shape index (κ3) is 5.60. The zero-order valence-electron chi connectivity index (χ0n) is 14.9. The molecule has 0 heterocycles. The Bertz CT molecular complexity index is 837. The van der Waals surface area contributed by atoms with Gasteiger partial charge < -0.3 is 10.1 Å². The molecule has 1 atom stereocenters. The number of amides is 1. The molecule has 0 aliphatic heterocycles. The molecule has 0 saturated carbocycles. The monoisotopic (exact) mass is 361 g/mol. The van der Waals surface area contributed by atoms with Crippen molar-refractivity contribution in [2.75, 3.05) is 12.9 Å². The van der Waals surface area contributed by atoms with E-state index in [0.29, 0.717) is 5.75 Å². The summed E-state index contributed by atoms with van der Waals surface area (Å²) in [6, 6.07) is 12.0. The number of sulfone groups is 1. The first-order chi connectivity index (χ1) is 11.6. The van der Waals surface area contributed by atoms with Crippen molar-refractivity contribution in [3.05, 3.63) is 59.2 Å². The summed E-state index contributed by atoms with van der Waals surface area (Å²) in [5, 5.41) is 2.84. The lowest BCUT2D eigenvalue weighted by molar-refractivity contribution is -0.123. The number of benzene rings is 2. The molecule has 0 aliphatic rings. The van der Waals surface area contributed by atoms with Crippen molar-refractivity contribution in [2.24, 2.45) is 0 Å². The van der Waals surface area contributed by atoms with E-state index in [4.69, 9.17) is 4.74 Å². The van der Waals surface area contributed by atoms with Gasteiger partial charge in [0.15, 0.2) is 16.4 Å². The Kier molecular flexibility index (Phi) is 5.85. The number of hydrogen-bond donors (Lipinski definition) is 1. The molecule has 5 nitrogen and oxygen atoms in total. The summed E-state index contributed by atoms with van der Waals surface area (Å²) < 4.78 is 28.5. The van der Waals surface area contributed by atoms with Gasteiger partial charge in [0, 0.05) is 6.26 Å². The van der Waals surface area contributed by atoms with E-state index >= 15 is 0 Å². The summed E-state index contributed by atoms with van der Waals surface area (Å²) in [4.78, 5) is 12.3. The molecule has 0 aliphatic carbocycles. The maximum absolute atomic E-state index is 12.1. The van der Waals surface area contributed by atoms with Crippen LogP contribution in [0, 0.1) is 13.8 Å². The van der Waals surface area contributed by atoms with Gasteiger partial charge in [-0.1, -0.05) is 18.2 Å². The van der Waals surface area contributed by atoms with E-state index in [1.165, 1.54) is 0 Å². The Morgan fingerprint density at radius 2 is 1.64 bits per heavy atom. The zero-order chi connectivity index (χ0) is 18.6. The van der Waals surface area contributed by atoms with Crippen molar-refractivity contribution in [3.63, 3.8) is 0 Å². The van der Waals surface area contributed by atoms with Crippen molar-refractivity contribution in [1.82, 2.24) is 5.32 Å².